The lowest BCUT2D eigenvalue weighted by atomic mass is 10.0. The van der Waals surface area contributed by atoms with E-state index in [-0.39, 0.29) is 5.92 Å². The molecule has 0 radical (unpaired) electrons. The summed E-state index contributed by atoms with van der Waals surface area (Å²) < 4.78 is 1.42. The minimum atomic E-state index is -1.05. The van der Waals surface area contributed by atoms with Crippen LogP contribution in [0.5, 0.6) is 0 Å². The van der Waals surface area contributed by atoms with Crippen LogP contribution in [-0.4, -0.2) is 42.8 Å². The van der Waals surface area contributed by atoms with Crippen molar-refractivity contribution in [3.8, 4) is 5.82 Å². The number of aromatic nitrogens is 4. The predicted octanol–water partition coefficient (Wildman–Crippen LogP) is 0.891. The highest BCUT2D eigenvalue weighted by molar-refractivity contribution is 5.96. The van der Waals surface area contributed by atoms with Crippen molar-refractivity contribution in [2.45, 2.75) is 26.3 Å². The van der Waals surface area contributed by atoms with E-state index in [1.807, 2.05) is 13.8 Å². The molecular formula is C14H17N5O3. The zero-order valence-corrected chi connectivity index (χ0v) is 12.3. The van der Waals surface area contributed by atoms with Gasteiger partial charge in [0.25, 0.3) is 5.91 Å². The molecule has 0 aliphatic carbocycles. The molecule has 22 heavy (non-hydrogen) atoms. The molecule has 0 aromatic carbocycles. The van der Waals surface area contributed by atoms with Gasteiger partial charge in [-0.3, -0.25) is 4.79 Å². The van der Waals surface area contributed by atoms with Gasteiger partial charge in [-0.05, 0) is 24.5 Å². The maximum Gasteiger partial charge on any atom is 0.326 e. The van der Waals surface area contributed by atoms with Crippen LogP contribution in [-0.2, 0) is 4.79 Å². The van der Waals surface area contributed by atoms with Crippen molar-refractivity contribution in [3.63, 3.8) is 0 Å². The van der Waals surface area contributed by atoms with Crippen molar-refractivity contribution in [3.05, 3.63) is 36.5 Å². The highest BCUT2D eigenvalue weighted by atomic mass is 16.4. The molecule has 0 aliphatic rings. The van der Waals surface area contributed by atoms with Crippen molar-refractivity contribution in [1.82, 2.24) is 25.1 Å². The van der Waals surface area contributed by atoms with Gasteiger partial charge >= 0.3 is 5.97 Å². The Morgan fingerprint density at radius 1 is 1.41 bits per heavy atom. The average molecular weight is 303 g/mol. The van der Waals surface area contributed by atoms with E-state index < -0.39 is 17.9 Å². The fourth-order valence-electron chi connectivity index (χ4n) is 1.95. The van der Waals surface area contributed by atoms with Gasteiger partial charge in [0, 0.05) is 11.8 Å². The molecule has 2 N–H and O–H groups in total. The number of carbonyl (C=O) groups is 2. The summed E-state index contributed by atoms with van der Waals surface area (Å²) in [6, 6.07) is 2.12. The molecule has 0 unspecified atom stereocenters. The van der Waals surface area contributed by atoms with E-state index in [2.05, 4.69) is 20.4 Å². The van der Waals surface area contributed by atoms with Crippen LogP contribution in [0.1, 0.15) is 30.6 Å². The molecule has 2 heterocycles. The Morgan fingerprint density at radius 2 is 2.18 bits per heavy atom. The maximum absolute atomic E-state index is 12.2. The van der Waals surface area contributed by atoms with E-state index >= 15 is 0 Å². The Morgan fingerprint density at radius 3 is 2.77 bits per heavy atom. The third-order valence-corrected chi connectivity index (χ3v) is 2.97. The van der Waals surface area contributed by atoms with Crippen molar-refractivity contribution in [1.29, 1.82) is 0 Å². The number of hydrogen-bond donors (Lipinski definition) is 2. The van der Waals surface area contributed by atoms with Gasteiger partial charge in [0.15, 0.2) is 5.82 Å². The largest absolute Gasteiger partial charge is 0.480 e. The van der Waals surface area contributed by atoms with Gasteiger partial charge in [-0.2, -0.15) is 5.10 Å². The highest BCUT2D eigenvalue weighted by Gasteiger charge is 2.22. The molecule has 0 bridgehead atoms. The molecule has 2 rings (SSSR count). The second kappa shape index (κ2) is 6.79. The Labute approximate surface area is 127 Å². The minimum Gasteiger partial charge on any atom is -0.480 e. The van der Waals surface area contributed by atoms with E-state index in [1.165, 1.54) is 35.7 Å². The minimum absolute atomic E-state index is 0.157. The van der Waals surface area contributed by atoms with Gasteiger partial charge in [-0.1, -0.05) is 13.8 Å². The van der Waals surface area contributed by atoms with Gasteiger partial charge in [-0.15, -0.1) is 0 Å². The Balaban J connectivity index is 2.15. The molecule has 2 aromatic rings. The first-order valence-electron chi connectivity index (χ1n) is 6.82. The summed E-state index contributed by atoms with van der Waals surface area (Å²) in [6.45, 7) is 3.80. The molecule has 0 saturated carbocycles. The van der Waals surface area contributed by atoms with Crippen LogP contribution in [0.4, 0.5) is 0 Å². The van der Waals surface area contributed by atoms with Crippen LogP contribution in [0.2, 0.25) is 0 Å². The molecule has 0 aliphatic heterocycles. The summed E-state index contributed by atoms with van der Waals surface area (Å²) in [5.41, 5.74) is 0.315. The van der Waals surface area contributed by atoms with Gasteiger partial charge in [0.2, 0.25) is 0 Å². The zero-order valence-electron chi connectivity index (χ0n) is 12.3. The fraction of sp³-hybridized carbons (Fsp3) is 0.357. The van der Waals surface area contributed by atoms with Crippen molar-refractivity contribution in [2.75, 3.05) is 0 Å². The van der Waals surface area contributed by atoms with Crippen LogP contribution in [0, 0.1) is 5.92 Å². The number of carboxylic acids is 1. The summed E-state index contributed by atoms with van der Waals surface area (Å²) in [5, 5.41) is 15.6. The standard InChI is InChI=1S/C14H17N5O3/c1-9(2)5-11(14(21)22)18-13(20)10-3-4-16-12(6-10)19-8-15-7-17-19/h3-4,6-9,11H,5H2,1-2H3,(H,18,20)(H,21,22)/t11-/m0/s1. The third kappa shape index (κ3) is 3.87. The quantitative estimate of drug-likeness (QED) is 0.820. The normalized spacial score (nSPS) is 12.1. The number of aliphatic carboxylic acids is 1. The second-order valence-electron chi connectivity index (χ2n) is 5.24. The summed E-state index contributed by atoms with van der Waals surface area (Å²) in [7, 11) is 0. The van der Waals surface area contributed by atoms with E-state index in [9.17, 15) is 14.7 Å². The van der Waals surface area contributed by atoms with Crippen LogP contribution >= 0.6 is 0 Å². The fourth-order valence-corrected chi connectivity index (χ4v) is 1.95. The smallest absolute Gasteiger partial charge is 0.326 e. The Kier molecular flexibility index (Phi) is 4.82. The molecule has 2 aromatic heterocycles. The van der Waals surface area contributed by atoms with E-state index in [0.717, 1.165) is 0 Å². The first kappa shape index (κ1) is 15.6. The monoisotopic (exact) mass is 303 g/mol. The maximum atomic E-state index is 12.2. The van der Waals surface area contributed by atoms with E-state index in [1.54, 1.807) is 0 Å². The lowest BCUT2D eigenvalue weighted by Gasteiger charge is -2.16. The molecule has 0 fully saturated rings. The second-order valence-corrected chi connectivity index (χ2v) is 5.24. The number of carboxylic acid groups (broad SMARTS) is 1. The third-order valence-electron chi connectivity index (χ3n) is 2.97. The number of amides is 1. The molecule has 116 valence electrons. The molecule has 1 amide bonds. The summed E-state index contributed by atoms with van der Waals surface area (Å²) in [4.78, 5) is 31.3. The Bertz CT molecular complexity index is 654. The number of nitrogens with one attached hydrogen (secondary N) is 1. The molecular weight excluding hydrogens is 286 g/mol. The van der Waals surface area contributed by atoms with Crippen LogP contribution in [0.25, 0.3) is 5.82 Å². The molecule has 0 spiro atoms. The number of nitrogens with zero attached hydrogens (tertiary/aromatic N) is 4. The van der Waals surface area contributed by atoms with Gasteiger partial charge in [-0.25, -0.2) is 19.4 Å². The highest BCUT2D eigenvalue weighted by Crippen LogP contribution is 2.09. The predicted molar refractivity (Wildman–Crippen MR) is 77.5 cm³/mol. The van der Waals surface area contributed by atoms with E-state index in [4.69, 9.17) is 0 Å². The first-order valence-corrected chi connectivity index (χ1v) is 6.82. The van der Waals surface area contributed by atoms with Crippen molar-refractivity contribution < 1.29 is 14.7 Å². The number of carbonyl (C=O) groups excluding carboxylic acids is 1. The number of hydrogen-bond acceptors (Lipinski definition) is 5. The average Bonchev–Trinajstić information content (AvgIpc) is 3.00. The summed E-state index contributed by atoms with van der Waals surface area (Å²) in [6.07, 6.45) is 4.65. The van der Waals surface area contributed by atoms with Crippen LogP contribution in [0.3, 0.4) is 0 Å². The number of pyridine rings is 1. The van der Waals surface area contributed by atoms with Gasteiger partial charge < -0.3 is 10.4 Å². The van der Waals surface area contributed by atoms with Crippen molar-refractivity contribution in [2.24, 2.45) is 5.92 Å². The molecule has 8 heteroatoms. The van der Waals surface area contributed by atoms with Gasteiger partial charge in [0.05, 0.1) is 0 Å². The van der Waals surface area contributed by atoms with Crippen LogP contribution < -0.4 is 5.32 Å². The Hall–Kier alpha value is -2.77. The lowest BCUT2D eigenvalue weighted by molar-refractivity contribution is -0.139. The molecule has 0 saturated heterocycles. The summed E-state index contributed by atoms with van der Waals surface area (Å²) >= 11 is 0. The van der Waals surface area contributed by atoms with Gasteiger partial charge in [0.1, 0.15) is 18.7 Å². The van der Waals surface area contributed by atoms with Crippen LogP contribution in [0.15, 0.2) is 31.0 Å². The summed E-state index contributed by atoms with van der Waals surface area (Å²) in [5.74, 6) is -0.921. The SMILES string of the molecule is CC(C)C[C@H](NC(=O)c1ccnc(-n2cncn2)c1)C(=O)O. The van der Waals surface area contributed by atoms with Crippen molar-refractivity contribution >= 4 is 11.9 Å². The van der Waals surface area contributed by atoms with E-state index in [0.29, 0.717) is 17.8 Å². The molecule has 1 atom stereocenters. The lowest BCUT2D eigenvalue weighted by Crippen LogP contribution is -2.41. The topological polar surface area (TPSA) is 110 Å². The molecule has 8 nitrogen and oxygen atoms in total. The first-order chi connectivity index (χ1) is 10.5. The zero-order chi connectivity index (χ0) is 16.1. The number of rotatable bonds is 6.